The Bertz CT molecular complexity index is 1110. The van der Waals surface area contributed by atoms with Crippen molar-refractivity contribution in [2.24, 2.45) is 0 Å². The maximum atomic E-state index is 11.9. The molecule has 0 aliphatic heterocycles. The van der Waals surface area contributed by atoms with Crippen molar-refractivity contribution in [1.29, 1.82) is 0 Å². The fraction of sp³-hybridized carbons (Fsp3) is 0.133. The Balaban J connectivity index is 2.40. The van der Waals surface area contributed by atoms with Gasteiger partial charge in [0.25, 0.3) is 0 Å². The number of hydrogen-bond acceptors (Lipinski definition) is 6. The van der Waals surface area contributed by atoms with Crippen LogP contribution in [-0.2, 0) is 9.84 Å². The molecule has 0 saturated heterocycles. The van der Waals surface area contributed by atoms with Crippen LogP contribution in [0.2, 0.25) is 5.15 Å². The molecule has 0 atom stereocenters. The molecule has 0 spiro atoms. The first-order valence-corrected chi connectivity index (χ1v) is 9.15. The van der Waals surface area contributed by atoms with Gasteiger partial charge in [-0.15, -0.1) is 0 Å². The van der Waals surface area contributed by atoms with Crippen molar-refractivity contribution in [2.45, 2.75) is 4.90 Å². The average Bonchev–Trinajstić information content (AvgIpc) is 2.92. The highest BCUT2D eigenvalue weighted by molar-refractivity contribution is 7.90. The zero-order valence-electron chi connectivity index (χ0n) is 13.1. The molecule has 1 N–H and O–H groups in total. The smallest absolute Gasteiger partial charge is 0.357 e. The Morgan fingerprint density at radius 1 is 1.32 bits per heavy atom. The third-order valence-corrected chi connectivity index (χ3v) is 4.86. The first kappa shape index (κ1) is 17.2. The number of hydrogen-bond donors (Lipinski definition) is 1. The zero-order valence-corrected chi connectivity index (χ0v) is 14.7. The molecule has 0 amide bonds. The molecule has 2 aromatic heterocycles. The topological polar surface area (TPSA) is 111 Å². The predicted molar refractivity (Wildman–Crippen MR) is 90.5 cm³/mol. The monoisotopic (exact) mass is 381 g/mol. The van der Waals surface area contributed by atoms with Crippen molar-refractivity contribution in [3.8, 4) is 11.4 Å². The van der Waals surface area contributed by atoms with E-state index in [4.69, 9.17) is 16.3 Å². The standard InChI is InChI=1S/C15H12ClN3O5S/c1-24-12-4-3-8(25(2,22)23)5-11(12)19-10-6-13(16)17-7-9(10)14(18-19)15(20)21/h3-7H,1-2H3,(H,20,21). The highest BCUT2D eigenvalue weighted by Gasteiger charge is 2.21. The number of carboxylic acid groups (broad SMARTS) is 1. The van der Waals surface area contributed by atoms with Gasteiger partial charge in [0.2, 0.25) is 0 Å². The molecule has 0 fully saturated rings. The molecule has 0 aliphatic carbocycles. The Morgan fingerprint density at radius 2 is 2.04 bits per heavy atom. The van der Waals surface area contributed by atoms with E-state index in [0.29, 0.717) is 11.3 Å². The van der Waals surface area contributed by atoms with Crippen LogP contribution in [-0.4, -0.2) is 47.6 Å². The zero-order chi connectivity index (χ0) is 18.4. The third-order valence-electron chi connectivity index (χ3n) is 3.54. The summed E-state index contributed by atoms with van der Waals surface area (Å²) in [6.07, 6.45) is 2.38. The van der Waals surface area contributed by atoms with Gasteiger partial charge in [-0.1, -0.05) is 11.6 Å². The fourth-order valence-corrected chi connectivity index (χ4v) is 3.19. The normalized spacial score (nSPS) is 11.6. The molecule has 0 bridgehead atoms. The molecule has 8 nitrogen and oxygen atoms in total. The molecule has 0 aliphatic rings. The maximum absolute atomic E-state index is 11.9. The molecule has 3 rings (SSSR count). The maximum Gasteiger partial charge on any atom is 0.357 e. The molecule has 10 heteroatoms. The van der Waals surface area contributed by atoms with Crippen LogP contribution >= 0.6 is 11.6 Å². The Hall–Kier alpha value is -2.65. The molecule has 0 unspecified atom stereocenters. The van der Waals surface area contributed by atoms with Crippen LogP contribution in [0.4, 0.5) is 0 Å². The van der Waals surface area contributed by atoms with E-state index < -0.39 is 15.8 Å². The van der Waals surface area contributed by atoms with E-state index >= 15 is 0 Å². The molecule has 0 saturated carbocycles. The third kappa shape index (κ3) is 3.03. The minimum Gasteiger partial charge on any atom is -0.494 e. The molecule has 0 radical (unpaired) electrons. The van der Waals surface area contributed by atoms with Crippen LogP contribution in [0.15, 0.2) is 35.4 Å². The summed E-state index contributed by atoms with van der Waals surface area (Å²) < 4.78 is 30.2. The Morgan fingerprint density at radius 3 is 2.64 bits per heavy atom. The highest BCUT2D eigenvalue weighted by Crippen LogP contribution is 2.30. The molecule has 130 valence electrons. The van der Waals surface area contributed by atoms with Gasteiger partial charge in [0, 0.05) is 18.5 Å². The van der Waals surface area contributed by atoms with Crippen LogP contribution in [0.25, 0.3) is 16.6 Å². The van der Waals surface area contributed by atoms with Crippen LogP contribution in [0.3, 0.4) is 0 Å². The van der Waals surface area contributed by atoms with Crippen LogP contribution < -0.4 is 4.74 Å². The van der Waals surface area contributed by atoms with Crippen molar-refractivity contribution in [3.63, 3.8) is 0 Å². The number of aromatic carboxylic acids is 1. The SMILES string of the molecule is COc1ccc(S(C)(=O)=O)cc1-n1nc(C(=O)O)c2cnc(Cl)cc21. The number of carboxylic acids is 1. The molecule has 2 heterocycles. The second-order valence-corrected chi connectivity index (χ2v) is 7.60. The number of sulfone groups is 1. The summed E-state index contributed by atoms with van der Waals surface area (Å²) in [6, 6.07) is 5.68. The van der Waals surface area contributed by atoms with Gasteiger partial charge in [0.1, 0.15) is 16.6 Å². The van der Waals surface area contributed by atoms with Crippen molar-refractivity contribution in [2.75, 3.05) is 13.4 Å². The van der Waals surface area contributed by atoms with E-state index in [1.54, 1.807) is 0 Å². The van der Waals surface area contributed by atoms with E-state index in [1.165, 1.54) is 42.3 Å². The minimum absolute atomic E-state index is 0.0454. The number of aromatic nitrogens is 3. The molecule has 3 aromatic rings. The summed E-state index contributed by atoms with van der Waals surface area (Å²) in [6.45, 7) is 0. The number of methoxy groups -OCH3 is 1. The summed E-state index contributed by atoms with van der Waals surface area (Å²) in [4.78, 5) is 15.4. The molecular weight excluding hydrogens is 370 g/mol. The molecule has 1 aromatic carbocycles. The summed E-state index contributed by atoms with van der Waals surface area (Å²) in [7, 11) is -2.07. The number of rotatable bonds is 4. The van der Waals surface area contributed by atoms with E-state index in [-0.39, 0.29) is 26.8 Å². The predicted octanol–water partition coefficient (Wildman–Crippen LogP) is 2.18. The van der Waals surface area contributed by atoms with Crippen LogP contribution in [0, 0.1) is 0 Å². The quantitative estimate of drug-likeness (QED) is 0.689. The van der Waals surface area contributed by atoms with Crippen molar-refractivity contribution in [3.05, 3.63) is 41.3 Å². The fourth-order valence-electron chi connectivity index (χ4n) is 2.39. The molecule has 25 heavy (non-hydrogen) atoms. The van der Waals surface area contributed by atoms with Crippen LogP contribution in [0.5, 0.6) is 5.75 Å². The van der Waals surface area contributed by atoms with Crippen molar-refractivity contribution >= 4 is 38.3 Å². The summed E-state index contributed by atoms with van der Waals surface area (Å²) in [5, 5.41) is 13.8. The lowest BCUT2D eigenvalue weighted by Gasteiger charge is -2.11. The van der Waals surface area contributed by atoms with E-state index in [1.807, 2.05) is 0 Å². The van der Waals surface area contributed by atoms with E-state index in [9.17, 15) is 18.3 Å². The van der Waals surface area contributed by atoms with Gasteiger partial charge in [-0.3, -0.25) is 0 Å². The first-order chi connectivity index (χ1) is 11.7. The number of fused-ring (bicyclic) bond motifs is 1. The highest BCUT2D eigenvalue weighted by atomic mass is 35.5. The first-order valence-electron chi connectivity index (χ1n) is 6.88. The largest absolute Gasteiger partial charge is 0.494 e. The lowest BCUT2D eigenvalue weighted by Crippen LogP contribution is -2.05. The van der Waals surface area contributed by atoms with Gasteiger partial charge in [0.05, 0.1) is 22.9 Å². The van der Waals surface area contributed by atoms with Gasteiger partial charge >= 0.3 is 5.97 Å². The van der Waals surface area contributed by atoms with E-state index in [2.05, 4.69) is 10.1 Å². The number of carbonyl (C=O) groups is 1. The minimum atomic E-state index is -3.48. The van der Waals surface area contributed by atoms with Gasteiger partial charge in [-0.05, 0) is 18.2 Å². The average molecular weight is 382 g/mol. The number of pyridine rings is 1. The number of nitrogens with zero attached hydrogens (tertiary/aromatic N) is 3. The van der Waals surface area contributed by atoms with E-state index in [0.717, 1.165) is 6.26 Å². The summed E-state index contributed by atoms with van der Waals surface area (Å²) in [5.41, 5.74) is 0.400. The van der Waals surface area contributed by atoms with Crippen molar-refractivity contribution < 1.29 is 23.1 Å². The summed E-state index contributed by atoms with van der Waals surface area (Å²) in [5.74, 6) is -0.923. The lowest BCUT2D eigenvalue weighted by atomic mass is 10.2. The van der Waals surface area contributed by atoms with Gasteiger partial charge in [0.15, 0.2) is 15.5 Å². The number of benzene rings is 1. The molecular formula is C15H12ClN3O5S. The van der Waals surface area contributed by atoms with Crippen molar-refractivity contribution in [1.82, 2.24) is 14.8 Å². The lowest BCUT2D eigenvalue weighted by molar-refractivity contribution is 0.0692. The second-order valence-electron chi connectivity index (χ2n) is 5.20. The number of halogens is 1. The van der Waals surface area contributed by atoms with Gasteiger partial charge in [-0.25, -0.2) is 22.9 Å². The number of ether oxygens (including phenoxy) is 1. The van der Waals surface area contributed by atoms with Crippen LogP contribution in [0.1, 0.15) is 10.5 Å². The summed E-state index contributed by atoms with van der Waals surface area (Å²) >= 11 is 5.92. The second kappa shape index (κ2) is 6.01. The van der Waals surface area contributed by atoms with Gasteiger partial charge in [-0.2, -0.15) is 5.10 Å². The Labute approximate surface area is 147 Å². The Kier molecular flexibility index (Phi) is 4.13. The van der Waals surface area contributed by atoms with Gasteiger partial charge < -0.3 is 9.84 Å².